The highest BCUT2D eigenvalue weighted by Gasteiger charge is 2.30. The second-order valence-corrected chi connectivity index (χ2v) is 6.23. The molecular formula is C13H28N2S. The Morgan fingerprint density at radius 2 is 2.06 bits per heavy atom. The molecule has 0 bridgehead atoms. The lowest BCUT2D eigenvalue weighted by atomic mass is 9.97. The molecule has 0 radical (unpaired) electrons. The Labute approximate surface area is 106 Å². The van der Waals surface area contributed by atoms with Crippen LogP contribution in [0.25, 0.3) is 0 Å². The maximum absolute atomic E-state index is 3.70. The Balaban J connectivity index is 2.59. The van der Waals surface area contributed by atoms with E-state index in [2.05, 4.69) is 44.2 Å². The smallest absolute Gasteiger partial charge is 0.0221 e. The topological polar surface area (TPSA) is 15.3 Å². The van der Waals surface area contributed by atoms with Crippen LogP contribution in [0, 0.1) is 5.92 Å². The van der Waals surface area contributed by atoms with Crippen LogP contribution >= 0.6 is 11.8 Å². The Morgan fingerprint density at radius 3 is 2.56 bits per heavy atom. The van der Waals surface area contributed by atoms with Gasteiger partial charge in [0.2, 0.25) is 0 Å². The summed E-state index contributed by atoms with van der Waals surface area (Å²) in [5.41, 5.74) is 0. The van der Waals surface area contributed by atoms with Crippen molar-refractivity contribution in [2.24, 2.45) is 5.92 Å². The zero-order chi connectivity index (χ0) is 12.1. The third-order valence-corrected chi connectivity index (χ3v) is 4.56. The first-order valence-corrected chi connectivity index (χ1v) is 7.97. The van der Waals surface area contributed by atoms with Gasteiger partial charge in [0.25, 0.3) is 0 Å². The average molecular weight is 244 g/mol. The van der Waals surface area contributed by atoms with Crippen molar-refractivity contribution >= 4 is 11.8 Å². The molecule has 1 fully saturated rings. The predicted molar refractivity (Wildman–Crippen MR) is 75.3 cm³/mol. The zero-order valence-corrected chi connectivity index (χ0v) is 12.3. The second kappa shape index (κ2) is 6.87. The molecule has 3 unspecified atom stereocenters. The van der Waals surface area contributed by atoms with Gasteiger partial charge in [0.1, 0.15) is 0 Å². The van der Waals surface area contributed by atoms with Gasteiger partial charge in [-0.15, -0.1) is 0 Å². The minimum Gasteiger partial charge on any atom is -0.311 e. The summed E-state index contributed by atoms with van der Waals surface area (Å²) in [6.07, 6.45) is 3.47. The first-order chi connectivity index (χ1) is 7.60. The highest BCUT2D eigenvalue weighted by Crippen LogP contribution is 2.19. The lowest BCUT2D eigenvalue weighted by molar-refractivity contribution is 0.0828. The molecule has 1 N–H and O–H groups in total. The summed E-state index contributed by atoms with van der Waals surface area (Å²) < 4.78 is 0. The lowest BCUT2D eigenvalue weighted by Gasteiger charge is -2.44. The Bertz CT molecular complexity index is 196. The highest BCUT2D eigenvalue weighted by atomic mass is 32.2. The molecule has 0 spiro atoms. The largest absolute Gasteiger partial charge is 0.311 e. The summed E-state index contributed by atoms with van der Waals surface area (Å²) in [7, 11) is 0. The van der Waals surface area contributed by atoms with Gasteiger partial charge in [-0.3, -0.25) is 4.90 Å². The van der Waals surface area contributed by atoms with Crippen LogP contribution in [0.4, 0.5) is 0 Å². The number of rotatable bonds is 5. The van der Waals surface area contributed by atoms with Gasteiger partial charge >= 0.3 is 0 Å². The lowest BCUT2D eigenvalue weighted by Crippen LogP contribution is -2.60. The van der Waals surface area contributed by atoms with Gasteiger partial charge in [-0.05, 0) is 25.5 Å². The minimum absolute atomic E-state index is 0.673. The van der Waals surface area contributed by atoms with Gasteiger partial charge in [0.15, 0.2) is 0 Å². The normalized spacial score (nSPS) is 29.6. The Hall–Kier alpha value is 0.270. The molecule has 1 aliphatic rings. The predicted octanol–water partition coefficient (Wildman–Crippen LogP) is 2.45. The molecule has 16 heavy (non-hydrogen) atoms. The van der Waals surface area contributed by atoms with Crippen molar-refractivity contribution in [1.82, 2.24) is 10.2 Å². The van der Waals surface area contributed by atoms with Crippen LogP contribution in [0.2, 0.25) is 0 Å². The molecule has 1 heterocycles. The van der Waals surface area contributed by atoms with Crippen LogP contribution in [0.1, 0.15) is 34.1 Å². The minimum atomic E-state index is 0.673. The van der Waals surface area contributed by atoms with Crippen LogP contribution in [0.15, 0.2) is 0 Å². The van der Waals surface area contributed by atoms with Crippen LogP contribution in [-0.2, 0) is 0 Å². The van der Waals surface area contributed by atoms with Crippen LogP contribution in [0.3, 0.4) is 0 Å². The summed E-state index contributed by atoms with van der Waals surface area (Å²) in [5.74, 6) is 1.99. The molecule has 0 amide bonds. The van der Waals surface area contributed by atoms with Crippen molar-refractivity contribution in [1.29, 1.82) is 0 Å². The fourth-order valence-corrected chi connectivity index (χ4v) is 3.22. The summed E-state index contributed by atoms with van der Waals surface area (Å²) in [5, 5.41) is 3.70. The number of nitrogens with zero attached hydrogens (tertiary/aromatic N) is 1. The number of hydrogen-bond acceptors (Lipinski definition) is 3. The van der Waals surface area contributed by atoms with Gasteiger partial charge in [-0.25, -0.2) is 0 Å². The molecule has 3 atom stereocenters. The van der Waals surface area contributed by atoms with Crippen molar-refractivity contribution < 1.29 is 0 Å². The number of piperazine rings is 1. The maximum Gasteiger partial charge on any atom is 0.0221 e. The zero-order valence-electron chi connectivity index (χ0n) is 11.5. The first-order valence-electron chi connectivity index (χ1n) is 6.58. The fourth-order valence-electron chi connectivity index (χ4n) is 2.55. The molecule has 0 aliphatic carbocycles. The van der Waals surface area contributed by atoms with E-state index in [-0.39, 0.29) is 0 Å². The van der Waals surface area contributed by atoms with Gasteiger partial charge in [-0.1, -0.05) is 20.8 Å². The van der Waals surface area contributed by atoms with E-state index in [0.29, 0.717) is 12.1 Å². The van der Waals surface area contributed by atoms with E-state index in [1.165, 1.54) is 18.7 Å². The van der Waals surface area contributed by atoms with Crippen molar-refractivity contribution in [3.63, 3.8) is 0 Å². The molecule has 0 saturated carbocycles. The van der Waals surface area contributed by atoms with Crippen molar-refractivity contribution in [2.75, 3.05) is 25.1 Å². The van der Waals surface area contributed by atoms with E-state index in [1.807, 2.05) is 11.8 Å². The molecule has 0 aromatic rings. The molecule has 96 valence electrons. The molecule has 2 nitrogen and oxygen atoms in total. The molecule has 1 rings (SSSR count). The summed E-state index contributed by atoms with van der Waals surface area (Å²) in [6, 6.07) is 2.12. The molecule has 0 aromatic heterocycles. The Morgan fingerprint density at radius 1 is 1.38 bits per heavy atom. The number of thioether (sulfide) groups is 1. The summed E-state index contributed by atoms with van der Waals surface area (Å²) in [6.45, 7) is 11.7. The third kappa shape index (κ3) is 3.64. The van der Waals surface area contributed by atoms with Crippen LogP contribution in [0.5, 0.6) is 0 Å². The first kappa shape index (κ1) is 14.3. The summed E-state index contributed by atoms with van der Waals surface area (Å²) in [4.78, 5) is 2.72. The van der Waals surface area contributed by atoms with Crippen LogP contribution < -0.4 is 5.32 Å². The van der Waals surface area contributed by atoms with Crippen molar-refractivity contribution in [3.05, 3.63) is 0 Å². The maximum atomic E-state index is 3.70. The van der Waals surface area contributed by atoms with Gasteiger partial charge in [0, 0.05) is 37.0 Å². The standard InChI is InChI=1S/C13H28N2S/c1-6-12-7-14-13(10(2)3)8-15(12)11(4)9-16-5/h10-14H,6-9H2,1-5H3. The van der Waals surface area contributed by atoms with E-state index in [0.717, 1.165) is 18.5 Å². The quantitative estimate of drug-likeness (QED) is 0.800. The second-order valence-electron chi connectivity index (χ2n) is 5.32. The molecular weight excluding hydrogens is 216 g/mol. The third-order valence-electron chi connectivity index (χ3n) is 3.74. The van der Waals surface area contributed by atoms with E-state index < -0.39 is 0 Å². The van der Waals surface area contributed by atoms with E-state index in [1.54, 1.807) is 0 Å². The van der Waals surface area contributed by atoms with Gasteiger partial charge in [-0.2, -0.15) is 11.8 Å². The van der Waals surface area contributed by atoms with Crippen molar-refractivity contribution in [2.45, 2.75) is 52.2 Å². The van der Waals surface area contributed by atoms with E-state index >= 15 is 0 Å². The van der Waals surface area contributed by atoms with Gasteiger partial charge < -0.3 is 5.32 Å². The molecule has 1 aliphatic heterocycles. The molecule has 3 heteroatoms. The van der Waals surface area contributed by atoms with Crippen molar-refractivity contribution in [3.8, 4) is 0 Å². The monoisotopic (exact) mass is 244 g/mol. The SMILES string of the molecule is CCC1CNC(C(C)C)CN1C(C)CSC. The Kier molecular flexibility index (Phi) is 6.16. The van der Waals surface area contributed by atoms with Gasteiger partial charge in [0.05, 0.1) is 0 Å². The van der Waals surface area contributed by atoms with Crippen LogP contribution in [-0.4, -0.2) is 48.1 Å². The van der Waals surface area contributed by atoms with E-state index in [9.17, 15) is 0 Å². The molecule has 1 saturated heterocycles. The van der Waals surface area contributed by atoms with E-state index in [4.69, 9.17) is 0 Å². The average Bonchev–Trinajstić information content (AvgIpc) is 2.28. The summed E-state index contributed by atoms with van der Waals surface area (Å²) >= 11 is 1.96. The number of hydrogen-bond donors (Lipinski definition) is 1. The molecule has 0 aromatic carbocycles. The number of nitrogens with one attached hydrogen (secondary N) is 1. The highest BCUT2D eigenvalue weighted by molar-refractivity contribution is 7.98. The fraction of sp³-hybridized carbons (Fsp3) is 1.00.